The van der Waals surface area contributed by atoms with Crippen LogP contribution in [0, 0.1) is 0 Å². The fourth-order valence-corrected chi connectivity index (χ4v) is 3.57. The number of carboxylic acids is 1. The molecule has 2 N–H and O–H groups in total. The maximum Gasteiger partial charge on any atom is 0.307 e. The first-order valence-corrected chi connectivity index (χ1v) is 8.98. The molecule has 1 heterocycles. The minimum atomic E-state index is -0.874. The minimum absolute atomic E-state index is 0.0712. The van der Waals surface area contributed by atoms with E-state index in [-0.39, 0.29) is 6.42 Å². The highest BCUT2D eigenvalue weighted by Gasteiger charge is 2.19. The second-order valence-corrected chi connectivity index (χ2v) is 7.13. The highest BCUT2D eigenvalue weighted by atomic mass is 35.5. The van der Waals surface area contributed by atoms with Crippen LogP contribution in [-0.4, -0.2) is 16.1 Å². The maximum absolute atomic E-state index is 11.4. The van der Waals surface area contributed by atoms with Gasteiger partial charge in [-0.25, -0.2) is 0 Å². The highest BCUT2D eigenvalue weighted by Crippen LogP contribution is 2.37. The third-order valence-corrected chi connectivity index (χ3v) is 5.19. The minimum Gasteiger partial charge on any atom is -0.481 e. The first-order chi connectivity index (χ1) is 11.9. The summed E-state index contributed by atoms with van der Waals surface area (Å²) in [6.45, 7) is 4.31. The Morgan fingerprint density at radius 3 is 2.60 bits per heavy atom. The molecule has 25 heavy (non-hydrogen) atoms. The molecule has 0 aliphatic heterocycles. The van der Waals surface area contributed by atoms with Crippen molar-refractivity contribution in [2.75, 3.05) is 0 Å². The maximum atomic E-state index is 11.4. The smallest absolute Gasteiger partial charge is 0.307 e. The Bertz CT molecular complexity index is 946. The Balaban J connectivity index is 2.25. The van der Waals surface area contributed by atoms with Crippen LogP contribution in [0.3, 0.4) is 0 Å². The van der Waals surface area contributed by atoms with E-state index in [1.807, 2.05) is 12.1 Å². The molecule has 0 spiro atoms. The summed E-state index contributed by atoms with van der Waals surface area (Å²) >= 11 is 12.3. The number of H-pyrrole nitrogens is 1. The number of benzene rings is 2. The van der Waals surface area contributed by atoms with Crippen molar-refractivity contribution in [2.45, 2.75) is 32.6 Å². The molecule has 0 amide bonds. The van der Waals surface area contributed by atoms with Gasteiger partial charge >= 0.3 is 5.97 Å². The number of halogens is 2. The number of carbonyl (C=O) groups is 1. The summed E-state index contributed by atoms with van der Waals surface area (Å²) in [5.41, 5.74) is 4.35. The molecule has 3 aromatic rings. The summed E-state index contributed by atoms with van der Waals surface area (Å²) in [4.78, 5) is 14.8. The first-order valence-electron chi connectivity index (χ1n) is 8.22. The quantitative estimate of drug-likeness (QED) is 0.550. The van der Waals surface area contributed by atoms with E-state index in [9.17, 15) is 9.90 Å². The zero-order valence-electron chi connectivity index (χ0n) is 14.1. The Morgan fingerprint density at radius 2 is 1.96 bits per heavy atom. The van der Waals surface area contributed by atoms with Gasteiger partial charge in [-0.15, -0.1) is 0 Å². The number of nitrogens with one attached hydrogen (secondary N) is 1. The molecule has 0 bridgehead atoms. The van der Waals surface area contributed by atoms with Gasteiger partial charge < -0.3 is 10.1 Å². The highest BCUT2D eigenvalue weighted by molar-refractivity contribution is 6.36. The van der Waals surface area contributed by atoms with Crippen molar-refractivity contribution in [1.29, 1.82) is 0 Å². The van der Waals surface area contributed by atoms with Gasteiger partial charge in [0.1, 0.15) is 0 Å². The van der Waals surface area contributed by atoms with Crippen LogP contribution < -0.4 is 0 Å². The molecule has 0 saturated carbocycles. The van der Waals surface area contributed by atoms with E-state index in [0.29, 0.717) is 16.0 Å². The lowest BCUT2D eigenvalue weighted by Gasteiger charge is -2.09. The van der Waals surface area contributed by atoms with Gasteiger partial charge in [0.25, 0.3) is 0 Å². The van der Waals surface area contributed by atoms with Crippen molar-refractivity contribution < 1.29 is 9.90 Å². The first kappa shape index (κ1) is 17.8. The lowest BCUT2D eigenvalue weighted by Crippen LogP contribution is -2.01. The van der Waals surface area contributed by atoms with E-state index >= 15 is 0 Å². The van der Waals surface area contributed by atoms with Crippen LogP contribution in [0.1, 0.15) is 37.3 Å². The molecule has 0 radical (unpaired) electrons. The fourth-order valence-electron chi connectivity index (χ4n) is 3.06. The van der Waals surface area contributed by atoms with Crippen molar-refractivity contribution in [2.24, 2.45) is 0 Å². The molecular weight excluding hydrogens is 357 g/mol. The Labute approximate surface area is 156 Å². The average molecular weight is 376 g/mol. The molecule has 130 valence electrons. The van der Waals surface area contributed by atoms with Gasteiger partial charge in [-0.2, -0.15) is 0 Å². The topological polar surface area (TPSA) is 53.1 Å². The summed E-state index contributed by atoms with van der Waals surface area (Å²) in [5.74, 6) is -0.458. The van der Waals surface area contributed by atoms with Crippen molar-refractivity contribution in [1.82, 2.24) is 4.98 Å². The molecule has 1 unspecified atom stereocenters. The number of fused-ring (bicyclic) bond motifs is 1. The van der Waals surface area contributed by atoms with Crippen molar-refractivity contribution in [3.05, 3.63) is 57.6 Å². The van der Waals surface area contributed by atoms with Crippen LogP contribution in [0.5, 0.6) is 0 Å². The van der Waals surface area contributed by atoms with E-state index in [1.165, 1.54) is 5.56 Å². The monoisotopic (exact) mass is 375 g/mol. The van der Waals surface area contributed by atoms with E-state index < -0.39 is 5.97 Å². The third-order valence-electron chi connectivity index (χ3n) is 4.64. The number of rotatable bonds is 5. The molecule has 2 aromatic carbocycles. The van der Waals surface area contributed by atoms with Gasteiger partial charge in [0, 0.05) is 21.5 Å². The van der Waals surface area contributed by atoms with Gasteiger partial charge in [-0.3, -0.25) is 4.79 Å². The van der Waals surface area contributed by atoms with E-state index in [0.717, 1.165) is 34.1 Å². The molecular formula is C20H19Cl2NO2. The number of carboxylic acid groups (broad SMARTS) is 1. The average Bonchev–Trinajstić information content (AvgIpc) is 2.91. The molecule has 1 atom stereocenters. The normalized spacial score (nSPS) is 12.5. The predicted molar refractivity (Wildman–Crippen MR) is 104 cm³/mol. The van der Waals surface area contributed by atoms with Crippen LogP contribution in [0.2, 0.25) is 10.0 Å². The van der Waals surface area contributed by atoms with Crippen LogP contribution in [0.25, 0.3) is 22.2 Å². The SMILES string of the molecule is CCC(C)c1ccc2[nH]c(-c3ccc(Cl)cc3Cl)c(CC(=O)O)c2c1. The molecule has 0 aliphatic rings. The summed E-state index contributed by atoms with van der Waals surface area (Å²) < 4.78 is 0. The molecule has 0 fully saturated rings. The molecule has 0 saturated heterocycles. The Morgan fingerprint density at radius 1 is 1.20 bits per heavy atom. The second-order valence-electron chi connectivity index (χ2n) is 6.29. The number of aromatic amines is 1. The van der Waals surface area contributed by atoms with E-state index in [2.05, 4.69) is 31.0 Å². The zero-order valence-corrected chi connectivity index (χ0v) is 15.6. The van der Waals surface area contributed by atoms with E-state index in [1.54, 1.807) is 12.1 Å². The van der Waals surface area contributed by atoms with Crippen molar-refractivity contribution in [3.8, 4) is 11.3 Å². The lowest BCUT2D eigenvalue weighted by molar-refractivity contribution is -0.136. The van der Waals surface area contributed by atoms with Crippen LogP contribution in [-0.2, 0) is 11.2 Å². The van der Waals surface area contributed by atoms with Crippen molar-refractivity contribution in [3.63, 3.8) is 0 Å². The van der Waals surface area contributed by atoms with Gasteiger partial charge in [0.15, 0.2) is 0 Å². The molecule has 3 nitrogen and oxygen atoms in total. The Hall–Kier alpha value is -1.97. The third kappa shape index (κ3) is 3.53. The van der Waals surface area contributed by atoms with Crippen LogP contribution >= 0.6 is 23.2 Å². The van der Waals surface area contributed by atoms with Gasteiger partial charge in [0.05, 0.1) is 17.1 Å². The number of aromatic nitrogens is 1. The number of aliphatic carboxylic acids is 1. The van der Waals surface area contributed by atoms with Gasteiger partial charge in [-0.05, 0) is 53.8 Å². The van der Waals surface area contributed by atoms with E-state index in [4.69, 9.17) is 23.2 Å². The molecule has 1 aromatic heterocycles. The van der Waals surface area contributed by atoms with Crippen molar-refractivity contribution >= 4 is 40.1 Å². The standard InChI is InChI=1S/C20H19Cl2NO2/c1-3-11(2)12-4-7-18-15(8-12)16(10-19(24)25)20(23-18)14-6-5-13(21)9-17(14)22/h4-9,11,23H,3,10H2,1-2H3,(H,24,25). The fraction of sp³-hybridized carbons (Fsp3) is 0.250. The molecule has 3 rings (SSSR count). The second kappa shape index (κ2) is 7.11. The lowest BCUT2D eigenvalue weighted by atomic mass is 9.95. The molecule has 0 aliphatic carbocycles. The van der Waals surface area contributed by atoms with Crippen LogP contribution in [0.15, 0.2) is 36.4 Å². The Kier molecular flexibility index (Phi) is 5.07. The molecule has 5 heteroatoms. The van der Waals surface area contributed by atoms with Crippen LogP contribution in [0.4, 0.5) is 0 Å². The van der Waals surface area contributed by atoms with Gasteiger partial charge in [0.2, 0.25) is 0 Å². The zero-order chi connectivity index (χ0) is 18.1. The summed E-state index contributed by atoms with van der Waals surface area (Å²) in [6.07, 6.45) is 0.957. The summed E-state index contributed by atoms with van der Waals surface area (Å²) in [5, 5.41) is 11.4. The predicted octanol–water partition coefficient (Wildman–Crippen LogP) is 6.28. The number of hydrogen-bond acceptors (Lipinski definition) is 1. The largest absolute Gasteiger partial charge is 0.481 e. The number of hydrogen-bond donors (Lipinski definition) is 2. The summed E-state index contributed by atoms with van der Waals surface area (Å²) in [6, 6.07) is 11.4. The van der Waals surface area contributed by atoms with Gasteiger partial charge in [-0.1, -0.05) is 43.1 Å². The summed E-state index contributed by atoms with van der Waals surface area (Å²) in [7, 11) is 0.